The molecule has 0 atom stereocenters. The first kappa shape index (κ1) is 26.1. The first-order valence-corrected chi connectivity index (χ1v) is 12.7. The summed E-state index contributed by atoms with van der Waals surface area (Å²) in [7, 11) is 0. The molecule has 0 bridgehead atoms. The molecule has 5 rings (SSSR count). The molecule has 2 heterocycles. The van der Waals surface area contributed by atoms with Crippen LogP contribution in [0.3, 0.4) is 0 Å². The van der Waals surface area contributed by atoms with Crippen molar-refractivity contribution in [3.8, 4) is 0 Å². The second-order valence-corrected chi connectivity index (χ2v) is 9.85. The molecular weight excluding hydrogens is 517 g/mol. The SMILES string of the molecule is Cl.Fc1ccc(C(CCCc2cc(Nc3csc4cc(Cl)ccc34)ccn2)c2ccc(F)cc2)cc1. The quantitative estimate of drug-likeness (QED) is 0.212. The van der Waals surface area contributed by atoms with Gasteiger partial charge in [0, 0.05) is 44.0 Å². The minimum absolute atomic E-state index is 0. The van der Waals surface area contributed by atoms with E-state index in [1.807, 2.05) is 54.7 Å². The summed E-state index contributed by atoms with van der Waals surface area (Å²) in [5, 5.41) is 7.47. The number of benzene rings is 3. The molecule has 36 heavy (non-hydrogen) atoms. The summed E-state index contributed by atoms with van der Waals surface area (Å²) >= 11 is 7.77. The van der Waals surface area contributed by atoms with Crippen molar-refractivity contribution < 1.29 is 8.78 Å². The fraction of sp³-hybridized carbons (Fsp3) is 0.138. The average molecular weight is 541 g/mol. The van der Waals surface area contributed by atoms with Crippen LogP contribution in [0.4, 0.5) is 20.2 Å². The van der Waals surface area contributed by atoms with E-state index < -0.39 is 0 Å². The summed E-state index contributed by atoms with van der Waals surface area (Å²) in [5.41, 5.74) is 5.07. The summed E-state index contributed by atoms with van der Waals surface area (Å²) in [4.78, 5) is 4.55. The Kier molecular flexibility index (Phi) is 8.57. The van der Waals surface area contributed by atoms with Crippen molar-refractivity contribution in [2.75, 3.05) is 5.32 Å². The average Bonchev–Trinajstić information content (AvgIpc) is 3.25. The van der Waals surface area contributed by atoms with Crippen LogP contribution < -0.4 is 5.32 Å². The topological polar surface area (TPSA) is 24.9 Å². The van der Waals surface area contributed by atoms with E-state index >= 15 is 0 Å². The minimum atomic E-state index is -0.262. The van der Waals surface area contributed by atoms with Crippen molar-refractivity contribution in [2.24, 2.45) is 0 Å². The Balaban J connectivity index is 0.00000304. The highest BCUT2D eigenvalue weighted by Crippen LogP contribution is 2.34. The van der Waals surface area contributed by atoms with Crippen LogP contribution in [0.15, 0.2) is 90.4 Å². The van der Waals surface area contributed by atoms with Crippen LogP contribution in [0.25, 0.3) is 10.1 Å². The number of fused-ring (bicyclic) bond motifs is 1. The van der Waals surface area contributed by atoms with E-state index in [-0.39, 0.29) is 30.0 Å². The normalized spacial score (nSPS) is 11.0. The van der Waals surface area contributed by atoms with Gasteiger partial charge in [0.15, 0.2) is 0 Å². The van der Waals surface area contributed by atoms with Gasteiger partial charge in [-0.2, -0.15) is 0 Å². The fourth-order valence-corrected chi connectivity index (χ4v) is 5.52. The Morgan fingerprint density at radius 3 is 2.19 bits per heavy atom. The second kappa shape index (κ2) is 11.8. The number of hydrogen-bond donors (Lipinski definition) is 1. The Morgan fingerprint density at radius 2 is 1.53 bits per heavy atom. The minimum Gasteiger partial charge on any atom is -0.354 e. The molecule has 0 spiro atoms. The first-order valence-electron chi connectivity index (χ1n) is 11.4. The lowest BCUT2D eigenvalue weighted by atomic mass is 9.87. The largest absolute Gasteiger partial charge is 0.354 e. The maximum atomic E-state index is 13.5. The monoisotopic (exact) mass is 540 g/mol. The van der Waals surface area contributed by atoms with Gasteiger partial charge in [0.1, 0.15) is 11.6 Å². The molecule has 0 aliphatic carbocycles. The molecule has 3 aromatic carbocycles. The smallest absolute Gasteiger partial charge is 0.123 e. The third-order valence-electron chi connectivity index (χ3n) is 6.10. The maximum Gasteiger partial charge on any atom is 0.123 e. The zero-order chi connectivity index (χ0) is 24.2. The van der Waals surface area contributed by atoms with Crippen LogP contribution in [0.5, 0.6) is 0 Å². The zero-order valence-corrected chi connectivity index (χ0v) is 21.6. The standard InChI is InChI=1S/C29H23ClF2N2S.ClH/c30-21-8-13-27-28(18-35-29(27)16-21)34-25-14-15-33-24(17-25)2-1-3-26(19-4-9-22(31)10-5-19)20-6-11-23(32)12-7-20;/h4-18,26H,1-3H2,(H,33,34);1H. The van der Waals surface area contributed by atoms with E-state index in [2.05, 4.69) is 21.7 Å². The molecule has 184 valence electrons. The molecule has 0 unspecified atom stereocenters. The molecule has 0 aliphatic rings. The van der Waals surface area contributed by atoms with Gasteiger partial charge >= 0.3 is 0 Å². The van der Waals surface area contributed by atoms with Gasteiger partial charge in [-0.1, -0.05) is 35.9 Å². The molecule has 2 nitrogen and oxygen atoms in total. The number of halogens is 4. The van der Waals surface area contributed by atoms with Crippen LogP contribution in [-0.2, 0) is 6.42 Å². The van der Waals surface area contributed by atoms with E-state index in [4.69, 9.17) is 11.6 Å². The van der Waals surface area contributed by atoms with E-state index in [0.29, 0.717) is 0 Å². The van der Waals surface area contributed by atoms with Crippen molar-refractivity contribution in [1.82, 2.24) is 4.98 Å². The zero-order valence-electron chi connectivity index (χ0n) is 19.3. The lowest BCUT2D eigenvalue weighted by molar-refractivity contribution is 0.617. The summed E-state index contributed by atoms with van der Waals surface area (Å²) in [6.07, 6.45) is 4.34. The van der Waals surface area contributed by atoms with E-state index in [1.165, 1.54) is 24.3 Å². The molecule has 1 N–H and O–H groups in total. The fourth-order valence-electron chi connectivity index (χ4n) is 4.35. The summed E-state index contributed by atoms with van der Waals surface area (Å²) in [6, 6.07) is 23.1. The molecule has 7 heteroatoms. The Labute approximate surface area is 224 Å². The number of hydrogen-bond acceptors (Lipinski definition) is 3. The summed E-state index contributed by atoms with van der Waals surface area (Å²) in [6.45, 7) is 0. The van der Waals surface area contributed by atoms with E-state index in [9.17, 15) is 8.78 Å². The molecule has 0 radical (unpaired) electrons. The van der Waals surface area contributed by atoms with Gasteiger partial charge in [0.05, 0.1) is 5.69 Å². The van der Waals surface area contributed by atoms with Gasteiger partial charge in [-0.3, -0.25) is 4.98 Å². The highest BCUT2D eigenvalue weighted by atomic mass is 35.5. The van der Waals surface area contributed by atoms with Gasteiger partial charge in [-0.15, -0.1) is 23.7 Å². The molecule has 5 aromatic rings. The van der Waals surface area contributed by atoms with Crippen LogP contribution in [-0.4, -0.2) is 4.98 Å². The first-order chi connectivity index (χ1) is 17.0. The predicted octanol–water partition coefficient (Wildman–Crippen LogP) is 9.55. The number of nitrogens with one attached hydrogen (secondary N) is 1. The van der Waals surface area contributed by atoms with Gasteiger partial charge in [-0.05, 0) is 85.0 Å². The van der Waals surface area contributed by atoms with Crippen LogP contribution in [0.1, 0.15) is 35.6 Å². The number of pyridine rings is 1. The Hall–Kier alpha value is -2.99. The molecule has 2 aromatic heterocycles. The number of aryl methyl sites for hydroxylation is 1. The van der Waals surface area contributed by atoms with Crippen molar-refractivity contribution in [1.29, 1.82) is 0 Å². The Bertz CT molecular complexity index is 1390. The van der Waals surface area contributed by atoms with Crippen LogP contribution in [0.2, 0.25) is 5.02 Å². The molecule has 0 saturated heterocycles. The van der Waals surface area contributed by atoms with Crippen molar-refractivity contribution in [3.63, 3.8) is 0 Å². The predicted molar refractivity (Wildman–Crippen MR) is 149 cm³/mol. The van der Waals surface area contributed by atoms with E-state index in [0.717, 1.165) is 62.6 Å². The number of anilines is 2. The highest BCUT2D eigenvalue weighted by Gasteiger charge is 2.15. The van der Waals surface area contributed by atoms with Gasteiger partial charge < -0.3 is 5.32 Å². The van der Waals surface area contributed by atoms with Crippen molar-refractivity contribution >= 4 is 56.8 Å². The number of rotatable bonds is 8. The number of thiophene rings is 1. The van der Waals surface area contributed by atoms with Gasteiger partial charge in [0.25, 0.3) is 0 Å². The lowest BCUT2D eigenvalue weighted by Crippen LogP contribution is -2.03. The van der Waals surface area contributed by atoms with E-state index in [1.54, 1.807) is 11.3 Å². The third-order valence-corrected chi connectivity index (χ3v) is 7.28. The van der Waals surface area contributed by atoms with Crippen LogP contribution >= 0.6 is 35.3 Å². The third kappa shape index (κ3) is 6.22. The lowest BCUT2D eigenvalue weighted by Gasteiger charge is -2.18. The molecule has 0 fully saturated rings. The molecule has 0 aliphatic heterocycles. The number of aromatic nitrogens is 1. The van der Waals surface area contributed by atoms with Gasteiger partial charge in [0.2, 0.25) is 0 Å². The van der Waals surface area contributed by atoms with Crippen molar-refractivity contribution in [3.05, 3.63) is 124 Å². The molecular formula is C29H24Cl2F2N2S. The molecule has 0 amide bonds. The van der Waals surface area contributed by atoms with Gasteiger partial charge in [-0.25, -0.2) is 8.78 Å². The summed E-state index contributed by atoms with van der Waals surface area (Å²) < 4.78 is 28.1. The van der Waals surface area contributed by atoms with Crippen LogP contribution in [0, 0.1) is 11.6 Å². The maximum absolute atomic E-state index is 13.5. The second-order valence-electron chi connectivity index (χ2n) is 8.50. The number of nitrogens with zero attached hydrogens (tertiary/aromatic N) is 1. The highest BCUT2D eigenvalue weighted by molar-refractivity contribution is 7.17. The Morgan fingerprint density at radius 1 is 0.861 bits per heavy atom. The van der Waals surface area contributed by atoms with Crippen molar-refractivity contribution in [2.45, 2.75) is 25.2 Å². The molecule has 0 saturated carbocycles. The summed E-state index contributed by atoms with van der Waals surface area (Å²) in [5.74, 6) is -0.468.